The smallest absolute Gasteiger partial charge is 0.0514 e. The molecule has 78 valence electrons. The predicted molar refractivity (Wildman–Crippen MR) is 60.9 cm³/mol. The van der Waals surface area contributed by atoms with Gasteiger partial charge in [0.2, 0.25) is 0 Å². The van der Waals surface area contributed by atoms with Gasteiger partial charge in [-0.15, -0.1) is 0 Å². The van der Waals surface area contributed by atoms with E-state index in [1.807, 2.05) is 12.4 Å². The molecular formula is C12H15N3. The van der Waals surface area contributed by atoms with Crippen molar-refractivity contribution in [2.75, 3.05) is 14.1 Å². The van der Waals surface area contributed by atoms with Crippen molar-refractivity contribution in [3.05, 3.63) is 30.7 Å². The van der Waals surface area contributed by atoms with E-state index < -0.39 is 0 Å². The van der Waals surface area contributed by atoms with Crippen LogP contribution in [0, 0.1) is 0 Å². The summed E-state index contributed by atoms with van der Waals surface area (Å²) < 4.78 is 2.38. The first kappa shape index (κ1) is 8.92. The van der Waals surface area contributed by atoms with E-state index >= 15 is 0 Å². The van der Waals surface area contributed by atoms with Crippen LogP contribution in [0.25, 0.3) is 10.9 Å². The van der Waals surface area contributed by atoms with E-state index in [2.05, 4.69) is 46.9 Å². The van der Waals surface area contributed by atoms with Gasteiger partial charge in [0, 0.05) is 30.0 Å². The zero-order valence-electron chi connectivity index (χ0n) is 9.09. The summed E-state index contributed by atoms with van der Waals surface area (Å²) in [5.41, 5.74) is 1.30. The Morgan fingerprint density at radius 1 is 1.40 bits per heavy atom. The molecule has 1 fully saturated rings. The zero-order chi connectivity index (χ0) is 10.4. The van der Waals surface area contributed by atoms with E-state index in [1.54, 1.807) is 0 Å². The van der Waals surface area contributed by atoms with Crippen LogP contribution in [0.3, 0.4) is 0 Å². The van der Waals surface area contributed by atoms with Gasteiger partial charge in [-0.05, 0) is 32.6 Å². The van der Waals surface area contributed by atoms with Crippen LogP contribution in [0.5, 0.6) is 0 Å². The van der Waals surface area contributed by atoms with E-state index in [1.165, 1.54) is 17.3 Å². The molecule has 1 saturated carbocycles. The monoisotopic (exact) mass is 201 g/mol. The lowest BCUT2D eigenvalue weighted by Crippen LogP contribution is -2.17. The lowest BCUT2D eigenvalue weighted by Gasteiger charge is -2.10. The van der Waals surface area contributed by atoms with Crippen molar-refractivity contribution in [1.82, 2.24) is 14.5 Å². The van der Waals surface area contributed by atoms with Crippen LogP contribution in [0.1, 0.15) is 12.5 Å². The molecular weight excluding hydrogens is 186 g/mol. The summed E-state index contributed by atoms with van der Waals surface area (Å²) in [5, 5.41) is 1.24. The number of likely N-dealkylation sites (N-methyl/N-ethyl adjacent to an activating group) is 1. The summed E-state index contributed by atoms with van der Waals surface area (Å²) in [6.45, 7) is 0. The topological polar surface area (TPSA) is 21.1 Å². The second kappa shape index (κ2) is 3.07. The third-order valence-corrected chi connectivity index (χ3v) is 3.27. The van der Waals surface area contributed by atoms with Crippen LogP contribution in [-0.4, -0.2) is 34.6 Å². The van der Waals surface area contributed by atoms with Crippen molar-refractivity contribution < 1.29 is 0 Å². The van der Waals surface area contributed by atoms with Gasteiger partial charge in [0.1, 0.15) is 0 Å². The summed E-state index contributed by atoms with van der Waals surface area (Å²) >= 11 is 0. The molecule has 0 radical (unpaired) electrons. The maximum atomic E-state index is 4.14. The van der Waals surface area contributed by atoms with Crippen LogP contribution < -0.4 is 0 Å². The van der Waals surface area contributed by atoms with Crippen LogP contribution in [-0.2, 0) is 0 Å². The number of pyridine rings is 1. The summed E-state index contributed by atoms with van der Waals surface area (Å²) in [6, 6.07) is 5.60. The molecule has 15 heavy (non-hydrogen) atoms. The maximum absolute atomic E-state index is 4.14. The molecule has 0 spiro atoms. The van der Waals surface area contributed by atoms with Gasteiger partial charge in [0.25, 0.3) is 0 Å². The predicted octanol–water partition coefficient (Wildman–Crippen LogP) is 1.91. The number of nitrogens with zero attached hydrogens (tertiary/aromatic N) is 3. The first-order valence-electron chi connectivity index (χ1n) is 5.34. The molecule has 1 aliphatic rings. The third kappa shape index (κ3) is 1.35. The fraction of sp³-hybridized carbons (Fsp3) is 0.417. The van der Waals surface area contributed by atoms with Crippen LogP contribution >= 0.6 is 0 Å². The van der Waals surface area contributed by atoms with Gasteiger partial charge in [0.05, 0.1) is 11.6 Å². The summed E-state index contributed by atoms with van der Waals surface area (Å²) in [4.78, 5) is 6.44. The highest BCUT2D eigenvalue weighted by Crippen LogP contribution is 2.41. The minimum atomic E-state index is 0.653. The van der Waals surface area contributed by atoms with Crippen molar-refractivity contribution in [3.8, 4) is 0 Å². The second-order valence-electron chi connectivity index (χ2n) is 4.49. The minimum Gasteiger partial charge on any atom is -0.343 e. The number of fused-ring (bicyclic) bond motifs is 1. The summed E-state index contributed by atoms with van der Waals surface area (Å²) in [7, 11) is 4.30. The number of hydrogen-bond donors (Lipinski definition) is 0. The molecule has 0 N–H and O–H groups in total. The molecule has 0 bridgehead atoms. The molecule has 0 saturated heterocycles. The SMILES string of the molecule is CN(C)C1CC1n1ccc2cnccc21. The molecule has 0 amide bonds. The lowest BCUT2D eigenvalue weighted by atomic mass is 10.3. The van der Waals surface area contributed by atoms with Gasteiger partial charge >= 0.3 is 0 Å². The molecule has 3 rings (SSSR count). The lowest BCUT2D eigenvalue weighted by molar-refractivity contribution is 0.377. The molecule has 3 nitrogen and oxygen atoms in total. The maximum Gasteiger partial charge on any atom is 0.0514 e. The van der Waals surface area contributed by atoms with E-state index in [-0.39, 0.29) is 0 Å². The Kier molecular flexibility index (Phi) is 1.83. The van der Waals surface area contributed by atoms with Gasteiger partial charge in [-0.2, -0.15) is 0 Å². The molecule has 2 aromatic heterocycles. The Morgan fingerprint density at radius 2 is 2.27 bits per heavy atom. The Morgan fingerprint density at radius 3 is 3.00 bits per heavy atom. The average Bonchev–Trinajstić information content (AvgIpc) is 2.92. The van der Waals surface area contributed by atoms with E-state index in [4.69, 9.17) is 0 Å². The first-order valence-corrected chi connectivity index (χ1v) is 5.34. The van der Waals surface area contributed by atoms with Crippen LogP contribution in [0.15, 0.2) is 30.7 Å². The quantitative estimate of drug-likeness (QED) is 0.740. The molecule has 0 aromatic carbocycles. The van der Waals surface area contributed by atoms with Crippen LogP contribution in [0.2, 0.25) is 0 Å². The highest BCUT2D eigenvalue weighted by molar-refractivity contribution is 5.79. The largest absolute Gasteiger partial charge is 0.343 e. The number of aromatic nitrogens is 2. The number of hydrogen-bond acceptors (Lipinski definition) is 2. The van der Waals surface area contributed by atoms with Crippen LogP contribution in [0.4, 0.5) is 0 Å². The highest BCUT2D eigenvalue weighted by Gasteiger charge is 2.40. The minimum absolute atomic E-state index is 0.653. The molecule has 0 aliphatic heterocycles. The fourth-order valence-corrected chi connectivity index (χ4v) is 2.32. The normalized spacial score (nSPS) is 25.0. The van der Waals surface area contributed by atoms with Crippen molar-refractivity contribution in [3.63, 3.8) is 0 Å². The molecule has 1 aliphatic carbocycles. The first-order chi connectivity index (χ1) is 7.27. The molecule has 2 unspecified atom stereocenters. The Bertz CT molecular complexity index is 486. The highest BCUT2D eigenvalue weighted by atomic mass is 15.2. The van der Waals surface area contributed by atoms with E-state index in [9.17, 15) is 0 Å². The van der Waals surface area contributed by atoms with Crippen molar-refractivity contribution >= 4 is 10.9 Å². The number of rotatable bonds is 2. The van der Waals surface area contributed by atoms with E-state index in [0.717, 1.165) is 0 Å². The van der Waals surface area contributed by atoms with Gasteiger partial charge in [-0.1, -0.05) is 0 Å². The average molecular weight is 201 g/mol. The summed E-state index contributed by atoms with van der Waals surface area (Å²) in [6.07, 6.45) is 7.24. The van der Waals surface area contributed by atoms with Crippen molar-refractivity contribution in [1.29, 1.82) is 0 Å². The van der Waals surface area contributed by atoms with Crippen molar-refractivity contribution in [2.45, 2.75) is 18.5 Å². The van der Waals surface area contributed by atoms with Gasteiger partial charge in [-0.25, -0.2) is 0 Å². The zero-order valence-corrected chi connectivity index (χ0v) is 9.09. The van der Waals surface area contributed by atoms with Gasteiger partial charge in [0.15, 0.2) is 0 Å². The Labute approximate surface area is 89.3 Å². The summed E-state index contributed by atoms with van der Waals surface area (Å²) in [5.74, 6) is 0. The van der Waals surface area contributed by atoms with E-state index in [0.29, 0.717) is 12.1 Å². The molecule has 3 heteroatoms. The second-order valence-corrected chi connectivity index (χ2v) is 4.49. The molecule has 2 atom stereocenters. The molecule has 2 heterocycles. The van der Waals surface area contributed by atoms with Gasteiger partial charge < -0.3 is 9.47 Å². The third-order valence-electron chi connectivity index (χ3n) is 3.27. The standard InChI is InChI=1S/C12H15N3/c1-14(2)11-7-12(11)15-6-4-9-8-13-5-3-10(9)15/h3-6,8,11-12H,7H2,1-2H3. The molecule has 2 aromatic rings. The Hall–Kier alpha value is -1.35. The van der Waals surface area contributed by atoms with Crippen molar-refractivity contribution in [2.24, 2.45) is 0 Å². The fourth-order valence-electron chi connectivity index (χ4n) is 2.32. The Balaban J connectivity index is 2.00. The van der Waals surface area contributed by atoms with Gasteiger partial charge in [-0.3, -0.25) is 4.98 Å².